The number of H-pyrrole nitrogens is 1. The molecule has 162 valence electrons. The lowest BCUT2D eigenvalue weighted by Gasteiger charge is -2.35. The van der Waals surface area contributed by atoms with Gasteiger partial charge in [0.2, 0.25) is 11.9 Å². The van der Waals surface area contributed by atoms with Crippen molar-refractivity contribution in [1.29, 1.82) is 5.26 Å². The number of fused-ring (bicyclic) bond motifs is 1. The normalized spacial score (nSPS) is 18.7. The van der Waals surface area contributed by atoms with Crippen LogP contribution in [0.25, 0.3) is 11.0 Å². The van der Waals surface area contributed by atoms with Crippen molar-refractivity contribution >= 4 is 46.0 Å². The molecular formula is C18H20ClFN10O. The summed E-state index contributed by atoms with van der Waals surface area (Å²) in [5.74, 6) is 0.194. The number of aryl methyl sites for hydroxylation is 1. The van der Waals surface area contributed by atoms with Gasteiger partial charge < -0.3 is 15.5 Å². The first-order valence-corrected chi connectivity index (χ1v) is 10.1. The third-order valence-electron chi connectivity index (χ3n) is 5.02. The fourth-order valence-corrected chi connectivity index (χ4v) is 3.64. The van der Waals surface area contributed by atoms with E-state index in [1.54, 1.807) is 17.1 Å². The SMILES string of the molecule is CCn1cc(Nc2nc(N[C@H]3CN(C(=O)CC#N)CC[C@H]3F)c3c(Cl)[nH]nc3n2)cn1. The number of hydrogen-bond acceptors (Lipinski definition) is 8. The summed E-state index contributed by atoms with van der Waals surface area (Å²) >= 11 is 6.22. The van der Waals surface area contributed by atoms with Crippen molar-refractivity contribution < 1.29 is 9.18 Å². The Morgan fingerprint density at radius 1 is 1.48 bits per heavy atom. The summed E-state index contributed by atoms with van der Waals surface area (Å²) in [6.07, 6.45) is 2.15. The summed E-state index contributed by atoms with van der Waals surface area (Å²) in [6.45, 7) is 3.05. The fraction of sp³-hybridized carbons (Fsp3) is 0.444. The van der Waals surface area contributed by atoms with Gasteiger partial charge in [0.25, 0.3) is 0 Å². The molecule has 1 amide bonds. The number of anilines is 3. The van der Waals surface area contributed by atoms with Gasteiger partial charge >= 0.3 is 0 Å². The van der Waals surface area contributed by atoms with E-state index in [1.807, 2.05) is 13.0 Å². The van der Waals surface area contributed by atoms with Crippen LogP contribution in [0.3, 0.4) is 0 Å². The van der Waals surface area contributed by atoms with Crippen LogP contribution in [0.15, 0.2) is 12.4 Å². The fourth-order valence-electron chi connectivity index (χ4n) is 3.42. The molecule has 0 aromatic carbocycles. The molecule has 13 heteroatoms. The van der Waals surface area contributed by atoms with Gasteiger partial charge in [0.05, 0.1) is 24.0 Å². The highest BCUT2D eigenvalue weighted by molar-refractivity contribution is 6.35. The highest BCUT2D eigenvalue weighted by Gasteiger charge is 2.32. The number of nitriles is 1. The summed E-state index contributed by atoms with van der Waals surface area (Å²) in [5.41, 5.74) is 0.986. The minimum atomic E-state index is -1.21. The van der Waals surface area contributed by atoms with E-state index >= 15 is 0 Å². The van der Waals surface area contributed by atoms with E-state index in [2.05, 4.69) is 35.9 Å². The van der Waals surface area contributed by atoms with Crippen molar-refractivity contribution in [3.05, 3.63) is 17.5 Å². The topological polar surface area (TPSA) is 140 Å². The molecule has 1 aliphatic heterocycles. The molecule has 31 heavy (non-hydrogen) atoms. The molecule has 2 atom stereocenters. The van der Waals surface area contributed by atoms with E-state index in [9.17, 15) is 9.18 Å². The van der Waals surface area contributed by atoms with Crippen LogP contribution in [0.1, 0.15) is 19.8 Å². The first-order valence-electron chi connectivity index (χ1n) is 9.75. The van der Waals surface area contributed by atoms with Crippen LogP contribution in [0.2, 0.25) is 5.15 Å². The van der Waals surface area contributed by atoms with Gasteiger partial charge in [-0.1, -0.05) is 11.6 Å². The molecule has 11 nitrogen and oxygen atoms in total. The zero-order valence-corrected chi connectivity index (χ0v) is 17.4. The van der Waals surface area contributed by atoms with E-state index in [0.29, 0.717) is 23.3 Å². The summed E-state index contributed by atoms with van der Waals surface area (Å²) in [7, 11) is 0. The van der Waals surface area contributed by atoms with E-state index < -0.39 is 12.2 Å². The lowest BCUT2D eigenvalue weighted by Crippen LogP contribution is -2.50. The maximum absolute atomic E-state index is 14.7. The van der Waals surface area contributed by atoms with Crippen LogP contribution < -0.4 is 10.6 Å². The van der Waals surface area contributed by atoms with E-state index in [1.165, 1.54) is 4.90 Å². The number of hydrogen-bond donors (Lipinski definition) is 3. The lowest BCUT2D eigenvalue weighted by molar-refractivity contribution is -0.131. The zero-order valence-electron chi connectivity index (χ0n) is 16.6. The number of nitrogens with one attached hydrogen (secondary N) is 3. The average molecular weight is 447 g/mol. The third kappa shape index (κ3) is 4.36. The van der Waals surface area contributed by atoms with Gasteiger partial charge in [-0.3, -0.25) is 14.6 Å². The van der Waals surface area contributed by atoms with Gasteiger partial charge in [-0.05, 0) is 13.3 Å². The van der Waals surface area contributed by atoms with Gasteiger partial charge in [-0.2, -0.15) is 25.4 Å². The van der Waals surface area contributed by atoms with Crippen molar-refractivity contribution in [2.75, 3.05) is 23.7 Å². The molecule has 0 bridgehead atoms. The summed E-state index contributed by atoms with van der Waals surface area (Å²) in [6, 6.07) is 1.11. The van der Waals surface area contributed by atoms with Gasteiger partial charge in [0.1, 0.15) is 28.9 Å². The Balaban J connectivity index is 1.61. The first-order chi connectivity index (χ1) is 15.0. The quantitative estimate of drug-likeness (QED) is 0.523. The summed E-state index contributed by atoms with van der Waals surface area (Å²) in [5, 5.41) is 26.4. The highest BCUT2D eigenvalue weighted by Crippen LogP contribution is 2.30. The Morgan fingerprint density at radius 3 is 3.06 bits per heavy atom. The largest absolute Gasteiger partial charge is 0.362 e. The first kappa shape index (κ1) is 20.8. The Bertz CT molecular complexity index is 1140. The van der Waals surface area contributed by atoms with Crippen LogP contribution in [-0.4, -0.2) is 66.1 Å². The predicted octanol–water partition coefficient (Wildman–Crippen LogP) is 2.23. The molecule has 0 radical (unpaired) electrons. The molecule has 4 heterocycles. The molecule has 0 aliphatic carbocycles. The predicted molar refractivity (Wildman–Crippen MR) is 112 cm³/mol. The number of carbonyl (C=O) groups excluding carboxylic acids is 1. The number of nitrogens with zero attached hydrogens (tertiary/aromatic N) is 7. The monoisotopic (exact) mass is 446 g/mol. The van der Waals surface area contributed by atoms with Gasteiger partial charge in [-0.25, -0.2) is 4.39 Å². The van der Waals surface area contributed by atoms with E-state index in [-0.39, 0.29) is 48.8 Å². The molecule has 1 saturated heterocycles. The van der Waals surface area contributed by atoms with Crippen molar-refractivity contribution in [1.82, 2.24) is 34.8 Å². The second kappa shape index (κ2) is 8.73. The number of aromatic amines is 1. The molecule has 3 aromatic heterocycles. The highest BCUT2D eigenvalue weighted by atomic mass is 35.5. The maximum atomic E-state index is 14.7. The van der Waals surface area contributed by atoms with Crippen molar-refractivity contribution in [3.63, 3.8) is 0 Å². The molecule has 3 N–H and O–H groups in total. The number of aromatic nitrogens is 6. The number of rotatable bonds is 6. The Labute approximate surface area is 181 Å². The molecule has 1 fully saturated rings. The minimum Gasteiger partial charge on any atom is -0.362 e. The van der Waals surface area contributed by atoms with Crippen LogP contribution in [-0.2, 0) is 11.3 Å². The number of halogens is 2. The standard InChI is InChI=1S/C18H20ClFN10O/c1-2-30-8-10(7-22-30)23-18-25-16(14-15(19)27-28-17(14)26-18)24-12-9-29(6-4-11(12)20)13(31)3-5-21/h7-8,11-12H,2-4,6,9H2,1H3,(H3,23,24,25,26,27,28)/t11-,12+/m1/s1. The second-order valence-electron chi connectivity index (χ2n) is 7.07. The minimum absolute atomic E-state index is 0.106. The van der Waals surface area contributed by atoms with Gasteiger partial charge in [-0.15, -0.1) is 0 Å². The zero-order chi connectivity index (χ0) is 22.0. The smallest absolute Gasteiger partial charge is 0.236 e. The van der Waals surface area contributed by atoms with E-state index in [0.717, 1.165) is 0 Å². The molecule has 1 aliphatic rings. The van der Waals surface area contributed by atoms with Gasteiger partial charge in [0, 0.05) is 25.8 Å². The lowest BCUT2D eigenvalue weighted by atomic mass is 10.0. The molecular weight excluding hydrogens is 427 g/mol. The molecule has 0 spiro atoms. The van der Waals surface area contributed by atoms with E-state index in [4.69, 9.17) is 16.9 Å². The van der Waals surface area contributed by atoms with Crippen LogP contribution in [0, 0.1) is 11.3 Å². The van der Waals surface area contributed by atoms with Crippen LogP contribution >= 0.6 is 11.6 Å². The number of alkyl halides is 1. The van der Waals surface area contributed by atoms with Crippen molar-refractivity contribution in [2.45, 2.75) is 38.5 Å². The van der Waals surface area contributed by atoms with Crippen LogP contribution in [0.5, 0.6) is 0 Å². The Morgan fingerprint density at radius 2 is 2.32 bits per heavy atom. The molecule has 0 unspecified atom stereocenters. The summed E-state index contributed by atoms with van der Waals surface area (Å²) < 4.78 is 16.4. The molecule has 3 aromatic rings. The third-order valence-corrected chi connectivity index (χ3v) is 5.29. The number of likely N-dealkylation sites (tertiary alicyclic amines) is 1. The maximum Gasteiger partial charge on any atom is 0.236 e. The van der Waals surface area contributed by atoms with Gasteiger partial charge in [0.15, 0.2) is 5.65 Å². The second-order valence-corrected chi connectivity index (χ2v) is 7.45. The van der Waals surface area contributed by atoms with Crippen LogP contribution in [0.4, 0.5) is 21.8 Å². The number of carbonyl (C=O) groups is 1. The Kier molecular flexibility index (Phi) is 5.85. The number of piperidine rings is 1. The average Bonchev–Trinajstić information content (AvgIpc) is 3.36. The molecule has 0 saturated carbocycles. The van der Waals surface area contributed by atoms with Crippen molar-refractivity contribution in [3.8, 4) is 6.07 Å². The summed E-state index contributed by atoms with van der Waals surface area (Å²) in [4.78, 5) is 22.4. The number of amides is 1. The Hall–Kier alpha value is -3.46. The molecule has 4 rings (SSSR count). The van der Waals surface area contributed by atoms with Crippen molar-refractivity contribution in [2.24, 2.45) is 0 Å².